The molecule has 3 heterocycles. The van der Waals surface area contributed by atoms with Crippen molar-refractivity contribution in [3.63, 3.8) is 0 Å². The van der Waals surface area contributed by atoms with Crippen molar-refractivity contribution in [3.05, 3.63) is 40.8 Å². The maximum atomic E-state index is 12.1. The first-order valence-electron chi connectivity index (χ1n) is 6.71. The van der Waals surface area contributed by atoms with Gasteiger partial charge < -0.3 is 10.2 Å². The van der Waals surface area contributed by atoms with Crippen LogP contribution in [0.2, 0.25) is 5.02 Å². The monoisotopic (exact) mass is 305 g/mol. The van der Waals surface area contributed by atoms with Crippen LogP contribution in [0.3, 0.4) is 0 Å². The Labute approximate surface area is 127 Å². The third-order valence-electron chi connectivity index (χ3n) is 3.49. The summed E-state index contributed by atoms with van der Waals surface area (Å²) in [6.07, 6.45) is 1.63. The van der Waals surface area contributed by atoms with Gasteiger partial charge in [-0.15, -0.1) is 0 Å². The quantitative estimate of drug-likeness (QED) is 0.931. The third kappa shape index (κ3) is 2.85. The van der Waals surface area contributed by atoms with Gasteiger partial charge in [0, 0.05) is 26.3 Å². The fourth-order valence-corrected chi connectivity index (χ4v) is 2.51. The van der Waals surface area contributed by atoms with Gasteiger partial charge in [-0.1, -0.05) is 11.6 Å². The minimum absolute atomic E-state index is 0.0909. The minimum Gasteiger partial charge on any atom is -0.352 e. The van der Waals surface area contributed by atoms with Crippen molar-refractivity contribution >= 4 is 23.3 Å². The van der Waals surface area contributed by atoms with E-state index in [0.717, 1.165) is 24.6 Å². The Morgan fingerprint density at radius 3 is 2.76 bits per heavy atom. The standard InChI is InChI=1S/C14H16ClN5O/c1-9-5-12(19(2)18-9)14(21)17-11-7-20(8-11)13-4-3-10(15)6-16-13/h3-6,11H,7-8H2,1-2H3,(H,17,21). The van der Waals surface area contributed by atoms with Crippen molar-refractivity contribution < 1.29 is 4.79 Å². The molecule has 1 amide bonds. The third-order valence-corrected chi connectivity index (χ3v) is 3.71. The summed E-state index contributed by atoms with van der Waals surface area (Å²) < 4.78 is 1.60. The van der Waals surface area contributed by atoms with Crippen molar-refractivity contribution in [2.75, 3.05) is 18.0 Å². The van der Waals surface area contributed by atoms with Gasteiger partial charge in [-0.05, 0) is 25.1 Å². The molecule has 0 bridgehead atoms. The number of halogens is 1. The molecule has 1 aliphatic heterocycles. The first kappa shape index (κ1) is 13.9. The molecule has 1 saturated heterocycles. The van der Waals surface area contributed by atoms with Crippen LogP contribution in [-0.4, -0.2) is 39.8 Å². The molecule has 0 aromatic carbocycles. The Kier molecular flexibility index (Phi) is 3.55. The number of hydrogen-bond donors (Lipinski definition) is 1. The second-order valence-corrected chi connectivity index (χ2v) is 5.64. The second-order valence-electron chi connectivity index (χ2n) is 5.20. The van der Waals surface area contributed by atoms with Crippen LogP contribution in [0.15, 0.2) is 24.4 Å². The molecule has 1 N–H and O–H groups in total. The molecular weight excluding hydrogens is 290 g/mol. The van der Waals surface area contributed by atoms with Crippen LogP contribution >= 0.6 is 11.6 Å². The van der Waals surface area contributed by atoms with Crippen molar-refractivity contribution in [2.24, 2.45) is 7.05 Å². The molecule has 1 aliphatic rings. The molecule has 21 heavy (non-hydrogen) atoms. The van der Waals surface area contributed by atoms with E-state index in [1.54, 1.807) is 24.0 Å². The largest absolute Gasteiger partial charge is 0.352 e. The number of pyridine rings is 1. The number of anilines is 1. The van der Waals surface area contributed by atoms with Gasteiger partial charge in [0.15, 0.2) is 0 Å². The fraction of sp³-hybridized carbons (Fsp3) is 0.357. The van der Waals surface area contributed by atoms with Gasteiger partial charge in [-0.2, -0.15) is 5.10 Å². The Morgan fingerprint density at radius 1 is 1.43 bits per heavy atom. The zero-order valence-electron chi connectivity index (χ0n) is 11.9. The molecule has 0 atom stereocenters. The average Bonchev–Trinajstić information content (AvgIpc) is 2.74. The number of carbonyl (C=O) groups is 1. The van der Waals surface area contributed by atoms with E-state index in [1.807, 2.05) is 19.1 Å². The lowest BCUT2D eigenvalue weighted by atomic mass is 10.1. The molecule has 110 valence electrons. The molecule has 1 fully saturated rings. The lowest BCUT2D eigenvalue weighted by Gasteiger charge is -2.40. The molecule has 0 spiro atoms. The van der Waals surface area contributed by atoms with E-state index < -0.39 is 0 Å². The van der Waals surface area contributed by atoms with E-state index in [0.29, 0.717) is 10.7 Å². The van der Waals surface area contributed by atoms with Gasteiger partial charge in [-0.25, -0.2) is 4.98 Å². The van der Waals surface area contributed by atoms with Gasteiger partial charge in [0.2, 0.25) is 0 Å². The first-order chi connectivity index (χ1) is 10.0. The second kappa shape index (κ2) is 5.37. The maximum absolute atomic E-state index is 12.1. The van der Waals surface area contributed by atoms with Crippen LogP contribution in [0.5, 0.6) is 0 Å². The van der Waals surface area contributed by atoms with Crippen LogP contribution in [0.25, 0.3) is 0 Å². The van der Waals surface area contributed by atoms with Gasteiger partial charge in [0.1, 0.15) is 11.5 Å². The van der Waals surface area contributed by atoms with Gasteiger partial charge >= 0.3 is 0 Å². The summed E-state index contributed by atoms with van der Waals surface area (Å²) in [5.41, 5.74) is 1.42. The molecule has 0 unspecified atom stereocenters. The zero-order chi connectivity index (χ0) is 15.0. The lowest BCUT2D eigenvalue weighted by Crippen LogP contribution is -2.59. The molecular formula is C14H16ClN5O. The van der Waals surface area contributed by atoms with Crippen molar-refractivity contribution in [2.45, 2.75) is 13.0 Å². The van der Waals surface area contributed by atoms with E-state index >= 15 is 0 Å². The van der Waals surface area contributed by atoms with Crippen LogP contribution in [0.4, 0.5) is 5.82 Å². The highest BCUT2D eigenvalue weighted by Crippen LogP contribution is 2.20. The zero-order valence-corrected chi connectivity index (χ0v) is 12.6. The predicted octanol–water partition coefficient (Wildman–Crippen LogP) is 1.40. The number of aromatic nitrogens is 3. The van der Waals surface area contributed by atoms with E-state index in [1.165, 1.54) is 0 Å². The number of rotatable bonds is 3. The van der Waals surface area contributed by atoms with Crippen LogP contribution in [0, 0.1) is 6.92 Å². The first-order valence-corrected chi connectivity index (χ1v) is 7.09. The number of aryl methyl sites for hydroxylation is 2. The smallest absolute Gasteiger partial charge is 0.269 e. The van der Waals surface area contributed by atoms with E-state index in [-0.39, 0.29) is 11.9 Å². The fourth-order valence-electron chi connectivity index (χ4n) is 2.39. The number of nitrogens with zero attached hydrogens (tertiary/aromatic N) is 4. The van der Waals surface area contributed by atoms with Crippen molar-refractivity contribution in [1.29, 1.82) is 0 Å². The SMILES string of the molecule is Cc1cc(C(=O)NC2CN(c3ccc(Cl)cn3)C2)n(C)n1. The summed E-state index contributed by atoms with van der Waals surface area (Å²) in [5, 5.41) is 7.80. The van der Waals surface area contributed by atoms with Gasteiger partial charge in [0.25, 0.3) is 5.91 Å². The summed E-state index contributed by atoms with van der Waals surface area (Å²) in [5.74, 6) is 0.785. The van der Waals surface area contributed by atoms with Gasteiger partial charge in [0.05, 0.1) is 16.8 Å². The van der Waals surface area contributed by atoms with E-state index in [4.69, 9.17) is 11.6 Å². The highest BCUT2D eigenvalue weighted by molar-refractivity contribution is 6.30. The van der Waals surface area contributed by atoms with E-state index in [9.17, 15) is 4.79 Å². The highest BCUT2D eigenvalue weighted by Gasteiger charge is 2.29. The molecule has 0 saturated carbocycles. The number of amides is 1. The van der Waals surface area contributed by atoms with Crippen molar-refractivity contribution in [3.8, 4) is 0 Å². The van der Waals surface area contributed by atoms with E-state index in [2.05, 4.69) is 20.3 Å². The maximum Gasteiger partial charge on any atom is 0.269 e. The Balaban J connectivity index is 1.56. The summed E-state index contributed by atoms with van der Waals surface area (Å²) in [4.78, 5) is 18.5. The van der Waals surface area contributed by atoms with Crippen LogP contribution in [0.1, 0.15) is 16.2 Å². The van der Waals surface area contributed by atoms with Crippen molar-refractivity contribution in [1.82, 2.24) is 20.1 Å². The molecule has 0 radical (unpaired) electrons. The highest BCUT2D eigenvalue weighted by atomic mass is 35.5. The summed E-state index contributed by atoms with van der Waals surface area (Å²) in [6.45, 7) is 3.36. The Bertz CT molecular complexity index is 661. The summed E-state index contributed by atoms with van der Waals surface area (Å²) >= 11 is 5.81. The average molecular weight is 306 g/mol. The van der Waals surface area contributed by atoms with Crippen LogP contribution in [-0.2, 0) is 7.05 Å². The minimum atomic E-state index is -0.0909. The molecule has 7 heteroatoms. The molecule has 3 rings (SSSR count). The number of hydrogen-bond acceptors (Lipinski definition) is 4. The number of nitrogens with one attached hydrogen (secondary N) is 1. The topological polar surface area (TPSA) is 63.1 Å². The Morgan fingerprint density at radius 2 is 2.19 bits per heavy atom. The molecule has 6 nitrogen and oxygen atoms in total. The normalized spacial score (nSPS) is 14.9. The van der Waals surface area contributed by atoms with Gasteiger partial charge in [-0.3, -0.25) is 9.48 Å². The summed E-state index contributed by atoms with van der Waals surface area (Å²) in [7, 11) is 1.77. The van der Waals surface area contributed by atoms with Crippen LogP contribution < -0.4 is 10.2 Å². The lowest BCUT2D eigenvalue weighted by molar-refractivity contribution is 0.0920. The number of carbonyl (C=O) groups excluding carboxylic acids is 1. The Hall–Kier alpha value is -2.08. The predicted molar refractivity (Wildman–Crippen MR) is 80.7 cm³/mol. The molecule has 2 aromatic rings. The molecule has 0 aliphatic carbocycles. The molecule has 2 aromatic heterocycles. The summed E-state index contributed by atoms with van der Waals surface area (Å²) in [6, 6.07) is 5.61.